The highest BCUT2D eigenvalue weighted by atomic mass is 16.5. The van der Waals surface area contributed by atoms with Crippen LogP contribution in [0.5, 0.6) is 11.6 Å². The van der Waals surface area contributed by atoms with E-state index in [9.17, 15) is 0 Å². The third-order valence-corrected chi connectivity index (χ3v) is 5.30. The van der Waals surface area contributed by atoms with Crippen molar-refractivity contribution in [3.05, 3.63) is 54.9 Å². The molecule has 2 aromatic carbocycles. The number of hydrogen-bond donors (Lipinski definition) is 3. The second-order valence-electron chi connectivity index (χ2n) is 7.47. The monoisotopic (exact) mass is 386 g/mol. The van der Waals surface area contributed by atoms with E-state index in [1.807, 2.05) is 42.5 Å². The van der Waals surface area contributed by atoms with Gasteiger partial charge in [-0.3, -0.25) is 0 Å². The highest BCUT2D eigenvalue weighted by Gasteiger charge is 2.26. The minimum absolute atomic E-state index is 0.253. The van der Waals surface area contributed by atoms with Gasteiger partial charge in [-0.15, -0.1) is 0 Å². The van der Waals surface area contributed by atoms with E-state index in [-0.39, 0.29) is 5.82 Å². The Kier molecular flexibility index (Phi) is 4.01. The molecule has 4 aromatic rings. The summed E-state index contributed by atoms with van der Waals surface area (Å²) in [6.45, 7) is 0.921. The molecule has 0 radical (unpaired) electrons. The number of nitrogens with two attached hydrogens (primary N) is 3. The molecule has 0 bridgehead atoms. The fourth-order valence-electron chi connectivity index (χ4n) is 3.65. The topological polar surface area (TPSA) is 118 Å². The summed E-state index contributed by atoms with van der Waals surface area (Å²) in [5, 5.41) is 0.997. The summed E-state index contributed by atoms with van der Waals surface area (Å²) in [5.74, 6) is 1.86. The van der Waals surface area contributed by atoms with Crippen LogP contribution in [0.25, 0.3) is 22.2 Å². The van der Waals surface area contributed by atoms with Crippen LogP contribution in [0, 0.1) is 5.92 Å². The fourth-order valence-corrected chi connectivity index (χ4v) is 3.65. The van der Waals surface area contributed by atoms with Gasteiger partial charge in [0, 0.05) is 41.6 Å². The number of rotatable bonds is 5. The van der Waals surface area contributed by atoms with Crippen molar-refractivity contribution >= 4 is 28.1 Å². The summed E-state index contributed by atoms with van der Waals surface area (Å²) in [5.41, 5.74) is 22.9. The summed E-state index contributed by atoms with van der Waals surface area (Å²) in [4.78, 5) is 8.18. The molecule has 0 spiro atoms. The van der Waals surface area contributed by atoms with Gasteiger partial charge in [0.1, 0.15) is 5.75 Å². The maximum absolute atomic E-state index is 6.60. The molecule has 29 heavy (non-hydrogen) atoms. The highest BCUT2D eigenvalue weighted by Crippen LogP contribution is 2.41. The van der Waals surface area contributed by atoms with Crippen LogP contribution in [0.2, 0.25) is 0 Å². The highest BCUT2D eigenvalue weighted by molar-refractivity contribution is 6.01. The van der Waals surface area contributed by atoms with Crippen molar-refractivity contribution in [3.8, 4) is 22.9 Å². The zero-order valence-corrected chi connectivity index (χ0v) is 15.9. The first-order valence-corrected chi connectivity index (χ1v) is 9.62. The van der Waals surface area contributed by atoms with Crippen LogP contribution >= 0.6 is 0 Å². The maximum atomic E-state index is 6.60. The first-order chi connectivity index (χ1) is 14.1. The Hall–Kier alpha value is -3.74. The fraction of sp³-hybridized carbons (Fsp3) is 0.182. The van der Waals surface area contributed by atoms with Crippen molar-refractivity contribution < 1.29 is 4.74 Å². The number of nitrogen functional groups attached to an aromatic ring is 3. The SMILES string of the molecule is Nc1ccc(-c2c(N)c3ccc(Oc4nccnc4N)cc3n2CC2CC2)cc1. The number of benzene rings is 2. The molecule has 5 rings (SSSR count). The Balaban J connectivity index is 1.64. The third-order valence-electron chi connectivity index (χ3n) is 5.30. The smallest absolute Gasteiger partial charge is 0.262 e. The van der Waals surface area contributed by atoms with Crippen LogP contribution < -0.4 is 21.9 Å². The molecular weight excluding hydrogens is 364 g/mol. The Labute approximate surface area is 168 Å². The largest absolute Gasteiger partial charge is 0.436 e. The lowest BCUT2D eigenvalue weighted by Gasteiger charge is -2.12. The van der Waals surface area contributed by atoms with Gasteiger partial charge in [-0.2, -0.15) is 0 Å². The Bertz CT molecular complexity index is 1190. The average Bonchev–Trinajstić information content (AvgIpc) is 3.50. The Morgan fingerprint density at radius 1 is 0.966 bits per heavy atom. The van der Waals surface area contributed by atoms with Crippen LogP contribution in [0.3, 0.4) is 0 Å². The van der Waals surface area contributed by atoms with Gasteiger partial charge in [0.2, 0.25) is 0 Å². The second-order valence-corrected chi connectivity index (χ2v) is 7.47. The lowest BCUT2D eigenvalue weighted by Crippen LogP contribution is -2.03. The van der Waals surface area contributed by atoms with Gasteiger partial charge in [0.15, 0.2) is 5.82 Å². The minimum atomic E-state index is 0.253. The van der Waals surface area contributed by atoms with Crippen LogP contribution in [0.4, 0.5) is 17.2 Å². The number of nitrogens with zero attached hydrogens (tertiary/aromatic N) is 3. The van der Waals surface area contributed by atoms with Crippen LogP contribution in [0.1, 0.15) is 12.8 Å². The van der Waals surface area contributed by atoms with Crippen LogP contribution in [0.15, 0.2) is 54.9 Å². The molecule has 0 aliphatic heterocycles. The van der Waals surface area contributed by atoms with E-state index >= 15 is 0 Å². The molecule has 0 atom stereocenters. The van der Waals surface area contributed by atoms with Gasteiger partial charge in [-0.1, -0.05) is 12.1 Å². The van der Waals surface area contributed by atoms with Crippen LogP contribution in [-0.2, 0) is 6.54 Å². The summed E-state index contributed by atoms with van der Waals surface area (Å²) in [6.07, 6.45) is 5.57. The molecule has 0 unspecified atom stereocenters. The molecule has 2 aromatic heterocycles. The summed E-state index contributed by atoms with van der Waals surface area (Å²) >= 11 is 0. The zero-order valence-electron chi connectivity index (χ0n) is 15.9. The molecule has 6 N–H and O–H groups in total. The standard InChI is InChI=1S/C22H22N6O/c23-15-5-3-14(4-6-15)20-19(24)17-8-7-16(29-22-21(25)26-9-10-27-22)11-18(17)28(20)12-13-1-2-13/h3-11,13H,1-2,12,23-24H2,(H2,25,26). The Morgan fingerprint density at radius 3 is 2.45 bits per heavy atom. The van der Waals surface area contributed by atoms with Crippen molar-refractivity contribution in [1.29, 1.82) is 0 Å². The molecule has 146 valence electrons. The van der Waals surface area contributed by atoms with E-state index in [4.69, 9.17) is 21.9 Å². The molecule has 7 heteroatoms. The van der Waals surface area contributed by atoms with E-state index in [1.54, 1.807) is 6.20 Å². The number of fused-ring (bicyclic) bond motifs is 1. The maximum Gasteiger partial charge on any atom is 0.262 e. The first kappa shape index (κ1) is 17.4. The van der Waals surface area contributed by atoms with Crippen molar-refractivity contribution in [2.45, 2.75) is 19.4 Å². The predicted octanol–water partition coefficient (Wildman–Crippen LogP) is 4.05. The van der Waals surface area contributed by atoms with Crippen molar-refractivity contribution in [1.82, 2.24) is 14.5 Å². The van der Waals surface area contributed by atoms with Gasteiger partial charge in [0.25, 0.3) is 5.88 Å². The molecule has 7 nitrogen and oxygen atoms in total. The second kappa shape index (κ2) is 6.70. The molecular formula is C22H22N6O. The number of anilines is 3. The number of hydrogen-bond acceptors (Lipinski definition) is 6. The molecule has 1 aliphatic carbocycles. The summed E-state index contributed by atoms with van der Waals surface area (Å²) in [6, 6.07) is 13.7. The molecule has 1 aliphatic rings. The van der Waals surface area contributed by atoms with Crippen molar-refractivity contribution in [2.75, 3.05) is 17.2 Å². The molecule has 0 saturated heterocycles. The molecule has 0 amide bonds. The van der Waals surface area contributed by atoms with E-state index < -0.39 is 0 Å². The normalized spacial score (nSPS) is 13.7. The lowest BCUT2D eigenvalue weighted by atomic mass is 10.1. The predicted molar refractivity (Wildman–Crippen MR) is 115 cm³/mol. The minimum Gasteiger partial charge on any atom is -0.436 e. The van der Waals surface area contributed by atoms with Gasteiger partial charge >= 0.3 is 0 Å². The van der Waals surface area contributed by atoms with E-state index in [2.05, 4.69) is 14.5 Å². The molecule has 1 saturated carbocycles. The van der Waals surface area contributed by atoms with Gasteiger partial charge in [0.05, 0.1) is 16.9 Å². The molecule has 2 heterocycles. The summed E-state index contributed by atoms with van der Waals surface area (Å²) in [7, 11) is 0. The third kappa shape index (κ3) is 3.20. The number of ether oxygens (including phenoxy) is 1. The quantitative estimate of drug-likeness (QED) is 0.445. The van der Waals surface area contributed by atoms with Gasteiger partial charge < -0.3 is 26.5 Å². The molecule has 1 fully saturated rings. The van der Waals surface area contributed by atoms with Crippen molar-refractivity contribution in [2.24, 2.45) is 5.92 Å². The zero-order chi connectivity index (χ0) is 20.0. The van der Waals surface area contributed by atoms with E-state index in [0.29, 0.717) is 17.5 Å². The Morgan fingerprint density at radius 2 is 1.72 bits per heavy atom. The van der Waals surface area contributed by atoms with Crippen LogP contribution in [-0.4, -0.2) is 14.5 Å². The first-order valence-electron chi connectivity index (χ1n) is 9.62. The summed E-state index contributed by atoms with van der Waals surface area (Å²) < 4.78 is 8.19. The number of aromatic nitrogens is 3. The van der Waals surface area contributed by atoms with Gasteiger partial charge in [-0.25, -0.2) is 9.97 Å². The van der Waals surface area contributed by atoms with E-state index in [1.165, 1.54) is 19.0 Å². The average molecular weight is 386 g/mol. The lowest BCUT2D eigenvalue weighted by molar-refractivity contribution is 0.463. The van der Waals surface area contributed by atoms with Crippen molar-refractivity contribution in [3.63, 3.8) is 0 Å². The van der Waals surface area contributed by atoms with E-state index in [0.717, 1.165) is 40.1 Å². The van der Waals surface area contributed by atoms with Gasteiger partial charge in [-0.05, 0) is 43.0 Å².